The highest BCUT2D eigenvalue weighted by molar-refractivity contribution is 6.31. The lowest BCUT2D eigenvalue weighted by atomic mass is 10.2. The van der Waals surface area contributed by atoms with Crippen LogP contribution in [0.4, 0.5) is 0 Å². The highest BCUT2D eigenvalue weighted by Gasteiger charge is 2.15. The lowest BCUT2D eigenvalue weighted by Gasteiger charge is -2.21. The number of nitrogens with one attached hydrogen (secondary N) is 2. The van der Waals surface area contributed by atoms with E-state index in [9.17, 15) is 9.59 Å². The topological polar surface area (TPSA) is 89.1 Å². The van der Waals surface area contributed by atoms with Crippen molar-refractivity contribution in [1.82, 2.24) is 15.8 Å². The third-order valence-corrected chi connectivity index (χ3v) is 3.55. The minimum Gasteiger partial charge on any atom is -0.496 e. The molecule has 0 fully saturated rings. The molecule has 2 N–H and O–H groups in total. The van der Waals surface area contributed by atoms with Gasteiger partial charge in [-0.05, 0) is 18.2 Å². The number of hydrogen-bond acceptors (Lipinski definition) is 6. The fourth-order valence-corrected chi connectivity index (χ4v) is 2.18. The molecule has 0 aliphatic rings. The zero-order chi connectivity index (χ0) is 18.7. The molecule has 25 heavy (non-hydrogen) atoms. The Morgan fingerprint density at radius 2 is 1.72 bits per heavy atom. The van der Waals surface area contributed by atoms with Crippen molar-refractivity contribution in [2.45, 2.75) is 0 Å². The maximum Gasteiger partial charge on any atom is 0.273 e. The third kappa shape index (κ3) is 7.70. The van der Waals surface area contributed by atoms with E-state index in [1.165, 1.54) is 13.2 Å². The molecular formula is C16H24ClN3O5. The molecule has 0 atom stereocenters. The summed E-state index contributed by atoms with van der Waals surface area (Å²) in [6.07, 6.45) is 0. The molecule has 0 saturated heterocycles. The van der Waals surface area contributed by atoms with Crippen LogP contribution in [0.15, 0.2) is 18.2 Å². The number of rotatable bonds is 10. The summed E-state index contributed by atoms with van der Waals surface area (Å²) in [6.45, 7) is 2.22. The van der Waals surface area contributed by atoms with Gasteiger partial charge in [-0.3, -0.25) is 25.3 Å². The van der Waals surface area contributed by atoms with Gasteiger partial charge in [0.15, 0.2) is 0 Å². The van der Waals surface area contributed by atoms with Crippen molar-refractivity contribution in [3.8, 4) is 5.75 Å². The van der Waals surface area contributed by atoms with Gasteiger partial charge >= 0.3 is 0 Å². The van der Waals surface area contributed by atoms with Gasteiger partial charge in [0, 0.05) is 32.3 Å². The van der Waals surface area contributed by atoms with Gasteiger partial charge in [0.25, 0.3) is 11.8 Å². The van der Waals surface area contributed by atoms with Crippen molar-refractivity contribution < 1.29 is 23.8 Å². The fraction of sp³-hybridized carbons (Fsp3) is 0.500. The highest BCUT2D eigenvalue weighted by atomic mass is 35.5. The van der Waals surface area contributed by atoms with Crippen molar-refractivity contribution in [3.05, 3.63) is 28.8 Å². The molecule has 0 aliphatic heterocycles. The molecule has 2 amide bonds. The molecule has 0 saturated carbocycles. The van der Waals surface area contributed by atoms with Crippen molar-refractivity contribution in [2.24, 2.45) is 0 Å². The molecule has 1 aromatic carbocycles. The van der Waals surface area contributed by atoms with Crippen LogP contribution in [0.25, 0.3) is 0 Å². The molecule has 0 bridgehead atoms. The van der Waals surface area contributed by atoms with E-state index in [2.05, 4.69) is 10.9 Å². The summed E-state index contributed by atoms with van der Waals surface area (Å²) >= 11 is 5.89. The molecule has 1 aromatic rings. The van der Waals surface area contributed by atoms with Crippen LogP contribution in [0.3, 0.4) is 0 Å². The first-order valence-electron chi connectivity index (χ1n) is 7.64. The quantitative estimate of drug-likeness (QED) is 0.587. The summed E-state index contributed by atoms with van der Waals surface area (Å²) in [5.74, 6) is -0.521. The second-order valence-electron chi connectivity index (χ2n) is 5.11. The Morgan fingerprint density at radius 3 is 2.28 bits per heavy atom. The van der Waals surface area contributed by atoms with Gasteiger partial charge < -0.3 is 14.2 Å². The zero-order valence-electron chi connectivity index (χ0n) is 14.6. The van der Waals surface area contributed by atoms with Crippen LogP contribution in [-0.4, -0.2) is 70.9 Å². The molecule has 9 heteroatoms. The molecule has 0 unspecified atom stereocenters. The highest BCUT2D eigenvalue weighted by Crippen LogP contribution is 2.22. The Labute approximate surface area is 152 Å². The SMILES string of the molecule is COCCN(CCOC)CC(=O)NNC(=O)c1cc(Cl)ccc1OC. The van der Waals surface area contributed by atoms with E-state index in [1.807, 2.05) is 4.90 Å². The smallest absolute Gasteiger partial charge is 0.273 e. The Morgan fingerprint density at radius 1 is 1.08 bits per heavy atom. The van der Waals surface area contributed by atoms with E-state index >= 15 is 0 Å². The molecule has 8 nitrogen and oxygen atoms in total. The number of hydrogen-bond donors (Lipinski definition) is 2. The number of nitrogens with zero attached hydrogens (tertiary/aromatic N) is 1. The fourth-order valence-electron chi connectivity index (χ4n) is 2.00. The number of ether oxygens (including phenoxy) is 3. The lowest BCUT2D eigenvalue weighted by Crippen LogP contribution is -2.47. The summed E-state index contributed by atoms with van der Waals surface area (Å²) < 4.78 is 15.1. The first-order valence-corrected chi connectivity index (χ1v) is 8.02. The molecule has 0 aromatic heterocycles. The molecular weight excluding hydrogens is 350 g/mol. The van der Waals surface area contributed by atoms with Crippen LogP contribution >= 0.6 is 11.6 Å². The predicted octanol–water partition coefficient (Wildman–Crippen LogP) is 0.704. The van der Waals surface area contributed by atoms with Crippen LogP contribution in [0.5, 0.6) is 5.75 Å². The standard InChI is InChI=1S/C16H24ClN3O5/c1-23-8-6-20(7-9-24-2)11-15(21)18-19-16(22)13-10-12(17)4-5-14(13)25-3/h4-5,10H,6-9,11H2,1-3H3,(H,18,21)(H,19,22). The molecule has 0 heterocycles. The van der Waals surface area contributed by atoms with Crippen LogP contribution in [0.1, 0.15) is 10.4 Å². The van der Waals surface area contributed by atoms with Gasteiger partial charge in [-0.1, -0.05) is 11.6 Å². The maximum atomic E-state index is 12.2. The van der Waals surface area contributed by atoms with E-state index in [1.54, 1.807) is 26.4 Å². The molecule has 0 aliphatic carbocycles. The molecule has 0 spiro atoms. The Balaban J connectivity index is 2.56. The van der Waals surface area contributed by atoms with Gasteiger partial charge in [-0.15, -0.1) is 0 Å². The van der Waals surface area contributed by atoms with Gasteiger partial charge in [-0.2, -0.15) is 0 Å². The van der Waals surface area contributed by atoms with Crippen LogP contribution in [-0.2, 0) is 14.3 Å². The predicted molar refractivity (Wildman–Crippen MR) is 93.8 cm³/mol. The number of benzene rings is 1. The average Bonchev–Trinajstić information content (AvgIpc) is 2.61. The average molecular weight is 374 g/mol. The maximum absolute atomic E-state index is 12.2. The first kappa shape index (κ1) is 21.2. The number of carbonyl (C=O) groups is 2. The van der Waals surface area contributed by atoms with Crippen molar-refractivity contribution in [1.29, 1.82) is 0 Å². The summed E-state index contributed by atoms with van der Waals surface area (Å²) in [7, 11) is 4.63. The first-order chi connectivity index (χ1) is 12.0. The van der Waals surface area contributed by atoms with Crippen LogP contribution in [0, 0.1) is 0 Å². The number of methoxy groups -OCH3 is 3. The van der Waals surface area contributed by atoms with Gasteiger partial charge in [0.05, 0.1) is 32.4 Å². The number of amides is 2. The molecule has 140 valence electrons. The largest absolute Gasteiger partial charge is 0.496 e. The monoisotopic (exact) mass is 373 g/mol. The second kappa shape index (κ2) is 11.6. The minimum absolute atomic E-state index is 0.0969. The normalized spacial score (nSPS) is 10.6. The lowest BCUT2D eigenvalue weighted by molar-refractivity contribution is -0.123. The van der Waals surface area contributed by atoms with Crippen molar-refractivity contribution in [3.63, 3.8) is 0 Å². The summed E-state index contributed by atoms with van der Waals surface area (Å²) in [5, 5.41) is 0.391. The third-order valence-electron chi connectivity index (χ3n) is 3.31. The molecule has 1 rings (SSSR count). The Kier molecular flexibility index (Phi) is 9.86. The van der Waals surface area contributed by atoms with E-state index < -0.39 is 5.91 Å². The van der Waals surface area contributed by atoms with E-state index in [-0.39, 0.29) is 18.0 Å². The van der Waals surface area contributed by atoms with Gasteiger partial charge in [-0.25, -0.2) is 0 Å². The van der Waals surface area contributed by atoms with E-state index in [0.29, 0.717) is 37.1 Å². The van der Waals surface area contributed by atoms with Gasteiger partial charge in [0.1, 0.15) is 5.75 Å². The second-order valence-corrected chi connectivity index (χ2v) is 5.55. The molecule has 0 radical (unpaired) electrons. The zero-order valence-corrected chi connectivity index (χ0v) is 15.4. The van der Waals surface area contributed by atoms with Crippen LogP contribution in [0.2, 0.25) is 5.02 Å². The van der Waals surface area contributed by atoms with E-state index in [0.717, 1.165) is 0 Å². The van der Waals surface area contributed by atoms with Crippen LogP contribution < -0.4 is 15.6 Å². The minimum atomic E-state index is -0.520. The number of hydrazine groups is 1. The van der Waals surface area contributed by atoms with Crippen molar-refractivity contribution >= 4 is 23.4 Å². The Bertz CT molecular complexity index is 563. The van der Waals surface area contributed by atoms with Gasteiger partial charge in [0.2, 0.25) is 0 Å². The summed E-state index contributed by atoms with van der Waals surface area (Å²) in [4.78, 5) is 26.1. The number of carbonyl (C=O) groups excluding carboxylic acids is 2. The summed E-state index contributed by atoms with van der Waals surface area (Å²) in [6, 6.07) is 4.65. The Hall–Kier alpha value is -1.87. The number of halogens is 1. The van der Waals surface area contributed by atoms with E-state index in [4.69, 9.17) is 25.8 Å². The summed E-state index contributed by atoms with van der Waals surface area (Å²) in [5.41, 5.74) is 4.95. The van der Waals surface area contributed by atoms with Crippen molar-refractivity contribution in [2.75, 3.05) is 54.2 Å².